The molecule has 2 aliphatic rings. The number of morpholine rings is 1. The van der Waals surface area contributed by atoms with Crippen LogP contribution < -0.4 is 0 Å². The second kappa shape index (κ2) is 12.1. The molecule has 1 atom stereocenters. The lowest BCUT2D eigenvalue weighted by Gasteiger charge is -2.32. The lowest BCUT2D eigenvalue weighted by molar-refractivity contribution is -0.385. The Bertz CT molecular complexity index is 1170. The number of hydrogen-bond acceptors (Lipinski definition) is 8. The molecule has 1 saturated heterocycles. The highest BCUT2D eigenvalue weighted by Crippen LogP contribution is 2.35. The van der Waals surface area contributed by atoms with Crippen molar-refractivity contribution >= 4 is 34.6 Å². The molecule has 4 rings (SSSR count). The molecule has 0 aliphatic carbocycles. The minimum Gasteiger partial charge on any atom is -0.379 e. The van der Waals surface area contributed by atoms with E-state index in [0.29, 0.717) is 44.7 Å². The maximum atomic E-state index is 13.8. The summed E-state index contributed by atoms with van der Waals surface area (Å²) in [5, 5.41) is 19.5. The van der Waals surface area contributed by atoms with Gasteiger partial charge in [-0.2, -0.15) is 5.10 Å². The number of nitro groups is 1. The number of rotatable bonds is 9. The van der Waals surface area contributed by atoms with E-state index >= 15 is 0 Å². The zero-order chi connectivity index (χ0) is 27.3. The van der Waals surface area contributed by atoms with E-state index in [0.717, 1.165) is 23.7 Å². The molecule has 1 fully saturated rings. The number of amides is 2. The molecule has 204 valence electrons. The van der Waals surface area contributed by atoms with Crippen LogP contribution in [0.1, 0.15) is 50.1 Å². The van der Waals surface area contributed by atoms with Crippen LogP contribution >= 0.6 is 11.3 Å². The number of hydrazone groups is 1. The summed E-state index contributed by atoms with van der Waals surface area (Å²) in [6, 6.07) is 9.73. The number of benzene rings is 1. The molecule has 0 unspecified atom stereocenters. The normalized spacial score (nSPS) is 18.3. The van der Waals surface area contributed by atoms with Crippen LogP contribution in [0, 0.1) is 15.5 Å². The molecule has 2 amide bonds. The van der Waals surface area contributed by atoms with E-state index in [2.05, 4.69) is 10.0 Å². The molecule has 3 heterocycles. The highest BCUT2D eigenvalue weighted by atomic mass is 32.1. The number of carbonyl (C=O) groups excluding carboxylic acids is 2. The van der Waals surface area contributed by atoms with Crippen molar-refractivity contribution in [1.82, 2.24) is 14.8 Å². The Morgan fingerprint density at radius 1 is 1.21 bits per heavy atom. The van der Waals surface area contributed by atoms with Crippen LogP contribution in [0.4, 0.5) is 5.69 Å². The van der Waals surface area contributed by atoms with Gasteiger partial charge in [-0.15, -0.1) is 11.3 Å². The standard InChI is InChI=1S/C27H35N5O5S/c1-27(2,3)18-25(33)30(10-9-29-11-13-37-14-12-29)19-26(34)31-23(17-22(28-31)24-8-5-15-38-24)20-6-4-7-21(16-20)32(35)36/h4-8,15-16,23H,9-14,17-19H2,1-3H3/t23-/m1/s1. The second-order valence-electron chi connectivity index (χ2n) is 10.8. The summed E-state index contributed by atoms with van der Waals surface area (Å²) < 4.78 is 5.43. The molecular weight excluding hydrogens is 506 g/mol. The number of carbonyl (C=O) groups is 2. The largest absolute Gasteiger partial charge is 0.379 e. The third-order valence-corrected chi connectivity index (χ3v) is 7.51. The zero-order valence-corrected chi connectivity index (χ0v) is 23.0. The van der Waals surface area contributed by atoms with Crippen molar-refractivity contribution in [2.75, 3.05) is 45.9 Å². The molecule has 10 nitrogen and oxygen atoms in total. The Morgan fingerprint density at radius 2 is 1.97 bits per heavy atom. The first-order valence-electron chi connectivity index (χ1n) is 12.9. The van der Waals surface area contributed by atoms with E-state index in [-0.39, 0.29) is 29.5 Å². The Kier molecular flexibility index (Phi) is 8.91. The Hall–Kier alpha value is -3.15. The maximum absolute atomic E-state index is 13.8. The van der Waals surface area contributed by atoms with Crippen molar-refractivity contribution in [3.8, 4) is 0 Å². The van der Waals surface area contributed by atoms with E-state index in [9.17, 15) is 19.7 Å². The number of nitro benzene ring substituents is 1. The maximum Gasteiger partial charge on any atom is 0.269 e. The van der Waals surface area contributed by atoms with Gasteiger partial charge in [0.05, 0.1) is 34.8 Å². The van der Waals surface area contributed by atoms with Crippen LogP contribution in [0.5, 0.6) is 0 Å². The molecule has 2 aliphatic heterocycles. The quantitative estimate of drug-likeness (QED) is 0.352. The highest BCUT2D eigenvalue weighted by molar-refractivity contribution is 7.12. The number of non-ortho nitro benzene ring substituents is 1. The lowest BCUT2D eigenvalue weighted by atomic mass is 9.91. The third kappa shape index (κ3) is 7.24. The molecule has 2 aromatic rings. The van der Waals surface area contributed by atoms with Crippen LogP contribution in [0.25, 0.3) is 0 Å². The number of thiophene rings is 1. The first kappa shape index (κ1) is 27.9. The number of hydrogen-bond donors (Lipinski definition) is 0. The summed E-state index contributed by atoms with van der Waals surface area (Å²) >= 11 is 1.53. The molecule has 38 heavy (non-hydrogen) atoms. The Balaban J connectivity index is 1.57. The van der Waals surface area contributed by atoms with E-state index in [1.54, 1.807) is 17.0 Å². The van der Waals surface area contributed by atoms with E-state index in [1.807, 2.05) is 38.3 Å². The van der Waals surface area contributed by atoms with Crippen molar-refractivity contribution in [2.24, 2.45) is 10.5 Å². The minimum absolute atomic E-state index is 0.0352. The van der Waals surface area contributed by atoms with Gasteiger partial charge in [-0.3, -0.25) is 24.6 Å². The summed E-state index contributed by atoms with van der Waals surface area (Å²) in [6.07, 6.45) is 0.762. The average molecular weight is 542 g/mol. The van der Waals surface area contributed by atoms with Crippen LogP contribution in [0.3, 0.4) is 0 Å². The fraction of sp³-hybridized carbons (Fsp3) is 0.519. The van der Waals surface area contributed by atoms with Crippen LogP contribution in [-0.2, 0) is 14.3 Å². The predicted octanol–water partition coefficient (Wildman–Crippen LogP) is 3.93. The molecular formula is C27H35N5O5S. The molecule has 0 spiro atoms. The number of ether oxygens (including phenoxy) is 1. The van der Waals surface area contributed by atoms with Gasteiger partial charge in [0, 0.05) is 51.2 Å². The predicted molar refractivity (Wildman–Crippen MR) is 146 cm³/mol. The van der Waals surface area contributed by atoms with Gasteiger partial charge in [-0.1, -0.05) is 39.0 Å². The highest BCUT2D eigenvalue weighted by Gasteiger charge is 2.35. The Labute approximate surface area is 227 Å². The van der Waals surface area contributed by atoms with Crippen LogP contribution in [-0.4, -0.2) is 83.2 Å². The monoisotopic (exact) mass is 541 g/mol. The van der Waals surface area contributed by atoms with Crippen LogP contribution in [0.2, 0.25) is 0 Å². The molecule has 11 heteroatoms. The minimum atomic E-state index is -0.488. The van der Waals surface area contributed by atoms with Crippen molar-refractivity contribution in [3.63, 3.8) is 0 Å². The summed E-state index contributed by atoms with van der Waals surface area (Å²) in [6.45, 7) is 9.90. The molecule has 0 saturated carbocycles. The smallest absolute Gasteiger partial charge is 0.269 e. The summed E-state index contributed by atoms with van der Waals surface area (Å²) in [5.41, 5.74) is 1.14. The summed E-state index contributed by atoms with van der Waals surface area (Å²) in [7, 11) is 0. The molecule has 1 aromatic heterocycles. The van der Waals surface area contributed by atoms with Crippen molar-refractivity contribution in [1.29, 1.82) is 0 Å². The van der Waals surface area contributed by atoms with Crippen molar-refractivity contribution in [3.05, 3.63) is 62.3 Å². The zero-order valence-electron chi connectivity index (χ0n) is 22.2. The fourth-order valence-corrected chi connectivity index (χ4v) is 5.34. The van der Waals surface area contributed by atoms with E-state index in [4.69, 9.17) is 4.74 Å². The summed E-state index contributed by atoms with van der Waals surface area (Å²) in [5.74, 6) is -0.384. The fourth-order valence-electron chi connectivity index (χ4n) is 4.62. The molecule has 0 bridgehead atoms. The average Bonchev–Trinajstić information content (AvgIpc) is 3.56. The molecule has 1 aromatic carbocycles. The van der Waals surface area contributed by atoms with E-state index in [1.165, 1.54) is 28.5 Å². The van der Waals surface area contributed by atoms with Gasteiger partial charge in [-0.25, -0.2) is 5.01 Å². The molecule has 0 N–H and O–H groups in total. The van der Waals surface area contributed by atoms with Gasteiger partial charge in [0.15, 0.2) is 0 Å². The summed E-state index contributed by atoms with van der Waals surface area (Å²) in [4.78, 5) is 42.9. The topological polar surface area (TPSA) is 109 Å². The Morgan fingerprint density at radius 3 is 2.63 bits per heavy atom. The van der Waals surface area contributed by atoms with Gasteiger partial charge in [0.2, 0.25) is 5.91 Å². The van der Waals surface area contributed by atoms with Crippen molar-refractivity contribution in [2.45, 2.75) is 39.7 Å². The molecule has 0 radical (unpaired) electrons. The van der Waals surface area contributed by atoms with E-state index < -0.39 is 11.0 Å². The van der Waals surface area contributed by atoms with Crippen LogP contribution in [0.15, 0.2) is 46.9 Å². The third-order valence-electron chi connectivity index (χ3n) is 6.59. The van der Waals surface area contributed by atoms with Gasteiger partial charge < -0.3 is 9.64 Å². The first-order chi connectivity index (χ1) is 18.1. The SMILES string of the molecule is CC(C)(C)CC(=O)N(CCN1CCOCC1)CC(=O)N1N=C(c2cccs2)C[C@@H]1c1cccc([N+](=O)[O-])c1. The van der Waals surface area contributed by atoms with Gasteiger partial charge in [0.1, 0.15) is 6.54 Å². The van der Waals surface area contributed by atoms with Crippen molar-refractivity contribution < 1.29 is 19.2 Å². The second-order valence-corrected chi connectivity index (χ2v) is 11.8. The number of nitrogens with zero attached hydrogens (tertiary/aromatic N) is 5. The first-order valence-corrected chi connectivity index (χ1v) is 13.7. The van der Waals surface area contributed by atoms with Gasteiger partial charge >= 0.3 is 0 Å². The van der Waals surface area contributed by atoms with Gasteiger partial charge in [-0.05, 0) is 22.4 Å². The van der Waals surface area contributed by atoms with Gasteiger partial charge in [0.25, 0.3) is 11.6 Å². The lowest BCUT2D eigenvalue weighted by Crippen LogP contribution is -2.47.